The van der Waals surface area contributed by atoms with Crippen LogP contribution in [0.2, 0.25) is 5.02 Å². The van der Waals surface area contributed by atoms with Crippen molar-refractivity contribution in [2.75, 3.05) is 10.6 Å². The Morgan fingerprint density at radius 1 is 1.19 bits per heavy atom. The number of benzene rings is 1. The highest BCUT2D eigenvalue weighted by Crippen LogP contribution is 2.18. The third kappa shape index (κ3) is 4.35. The van der Waals surface area contributed by atoms with E-state index in [1.165, 1.54) is 10.9 Å². The lowest BCUT2D eigenvalue weighted by atomic mass is 10.2. The molecule has 0 saturated heterocycles. The number of amides is 2. The fraction of sp³-hybridized carbons (Fsp3) is 0.222. The second-order valence-electron chi connectivity index (χ2n) is 5.87. The van der Waals surface area contributed by atoms with E-state index in [0.29, 0.717) is 28.6 Å². The van der Waals surface area contributed by atoms with Gasteiger partial charge in [-0.1, -0.05) is 17.7 Å². The number of hydrogen-bond acceptors (Lipinski definition) is 4. The van der Waals surface area contributed by atoms with Crippen LogP contribution in [-0.4, -0.2) is 31.4 Å². The zero-order valence-electron chi connectivity index (χ0n) is 14.9. The molecule has 0 aliphatic rings. The number of aromatic nitrogens is 4. The minimum absolute atomic E-state index is 0.248. The normalized spacial score (nSPS) is 11.8. The van der Waals surface area contributed by atoms with E-state index in [4.69, 9.17) is 11.6 Å². The summed E-state index contributed by atoms with van der Waals surface area (Å²) in [5.41, 5.74) is 1.60. The molecule has 2 heterocycles. The largest absolute Gasteiger partial charge is 0.324 e. The van der Waals surface area contributed by atoms with Gasteiger partial charge in [-0.05, 0) is 38.1 Å². The Balaban J connectivity index is 1.68. The van der Waals surface area contributed by atoms with Crippen molar-refractivity contribution in [2.24, 2.45) is 0 Å². The average molecular weight is 387 g/mol. The van der Waals surface area contributed by atoms with Gasteiger partial charge in [-0.3, -0.25) is 19.0 Å². The summed E-state index contributed by atoms with van der Waals surface area (Å²) < 4.78 is 3.09. The molecule has 2 amide bonds. The highest BCUT2D eigenvalue weighted by atomic mass is 35.5. The van der Waals surface area contributed by atoms with Gasteiger partial charge in [-0.15, -0.1) is 0 Å². The van der Waals surface area contributed by atoms with Crippen LogP contribution in [0.1, 0.15) is 30.4 Å². The fourth-order valence-electron chi connectivity index (χ4n) is 2.54. The van der Waals surface area contributed by atoms with Gasteiger partial charge in [0.2, 0.25) is 5.91 Å². The molecule has 0 radical (unpaired) electrons. The van der Waals surface area contributed by atoms with Crippen LogP contribution in [0.15, 0.2) is 48.9 Å². The predicted molar refractivity (Wildman–Crippen MR) is 103 cm³/mol. The van der Waals surface area contributed by atoms with Gasteiger partial charge in [-0.2, -0.15) is 10.2 Å². The van der Waals surface area contributed by atoms with Crippen LogP contribution in [0, 0.1) is 0 Å². The second kappa shape index (κ2) is 8.05. The summed E-state index contributed by atoms with van der Waals surface area (Å²) in [6.07, 6.45) is 4.64. The summed E-state index contributed by atoms with van der Waals surface area (Å²) in [6.45, 7) is 4.23. The van der Waals surface area contributed by atoms with Crippen molar-refractivity contribution in [3.63, 3.8) is 0 Å². The van der Waals surface area contributed by atoms with Crippen molar-refractivity contribution >= 4 is 34.8 Å². The van der Waals surface area contributed by atoms with E-state index in [-0.39, 0.29) is 11.8 Å². The highest BCUT2D eigenvalue weighted by Gasteiger charge is 2.16. The van der Waals surface area contributed by atoms with E-state index in [1.807, 2.05) is 6.92 Å². The molecule has 1 atom stereocenters. The summed E-state index contributed by atoms with van der Waals surface area (Å²) in [7, 11) is 0. The van der Waals surface area contributed by atoms with Crippen LogP contribution in [0.3, 0.4) is 0 Å². The first kappa shape index (κ1) is 18.7. The molecule has 2 N–H and O–H groups in total. The molecule has 1 unspecified atom stereocenters. The maximum Gasteiger partial charge on any atom is 0.273 e. The smallest absolute Gasteiger partial charge is 0.273 e. The first-order valence-corrected chi connectivity index (χ1v) is 8.79. The summed E-state index contributed by atoms with van der Waals surface area (Å²) in [5.74, 6) is -0.514. The van der Waals surface area contributed by atoms with Gasteiger partial charge in [0.05, 0.1) is 11.2 Å². The number of carbonyl (C=O) groups excluding carboxylic acids is 2. The Hall–Kier alpha value is -3.13. The monoisotopic (exact) mass is 386 g/mol. The summed E-state index contributed by atoms with van der Waals surface area (Å²) in [6, 6.07) is 8.04. The number of hydrogen-bond donors (Lipinski definition) is 2. The van der Waals surface area contributed by atoms with Gasteiger partial charge in [0, 0.05) is 30.3 Å². The maximum absolute atomic E-state index is 12.4. The quantitative estimate of drug-likeness (QED) is 0.680. The van der Waals surface area contributed by atoms with E-state index in [9.17, 15) is 9.59 Å². The number of nitrogens with one attached hydrogen (secondary N) is 2. The number of halogens is 1. The van der Waals surface area contributed by atoms with Crippen LogP contribution >= 0.6 is 11.6 Å². The number of anilines is 2. The number of nitrogens with zero attached hydrogens (tertiary/aromatic N) is 4. The standard InChI is InChI=1S/C18H19ClN6O2/c1-3-24-16(7-8-20-24)18(27)23-15-6-4-5-14(9-15)22-17(26)12(2)25-11-13(19)10-21-25/h4-12H,3H2,1-2H3,(H,22,26)(H,23,27). The van der Waals surface area contributed by atoms with Gasteiger partial charge in [-0.25, -0.2) is 0 Å². The summed E-state index contributed by atoms with van der Waals surface area (Å²) >= 11 is 5.84. The number of aryl methyl sites for hydroxylation is 1. The van der Waals surface area contributed by atoms with E-state index in [2.05, 4.69) is 20.8 Å². The zero-order valence-corrected chi connectivity index (χ0v) is 15.6. The summed E-state index contributed by atoms with van der Waals surface area (Å²) in [5, 5.41) is 14.2. The molecule has 0 saturated carbocycles. The molecule has 3 aromatic rings. The minimum Gasteiger partial charge on any atom is -0.324 e. The first-order chi connectivity index (χ1) is 13.0. The Labute approximate surface area is 161 Å². The van der Waals surface area contributed by atoms with Crippen LogP contribution in [0.4, 0.5) is 11.4 Å². The Bertz CT molecular complexity index is 964. The van der Waals surface area contributed by atoms with Crippen molar-refractivity contribution in [3.05, 3.63) is 59.6 Å². The van der Waals surface area contributed by atoms with E-state index in [0.717, 1.165) is 0 Å². The molecular weight excluding hydrogens is 368 g/mol. The van der Waals surface area contributed by atoms with Crippen LogP contribution in [0.5, 0.6) is 0 Å². The van der Waals surface area contributed by atoms with Crippen molar-refractivity contribution in [2.45, 2.75) is 26.4 Å². The van der Waals surface area contributed by atoms with Crippen LogP contribution < -0.4 is 10.6 Å². The molecule has 8 nitrogen and oxygen atoms in total. The average Bonchev–Trinajstić information content (AvgIpc) is 3.30. The maximum atomic E-state index is 12.4. The first-order valence-electron chi connectivity index (χ1n) is 8.41. The molecule has 0 spiro atoms. The number of carbonyl (C=O) groups is 2. The van der Waals surface area contributed by atoms with Crippen molar-refractivity contribution in [1.29, 1.82) is 0 Å². The topological polar surface area (TPSA) is 93.8 Å². The lowest BCUT2D eigenvalue weighted by Crippen LogP contribution is -2.24. The van der Waals surface area contributed by atoms with Crippen LogP contribution in [0.25, 0.3) is 0 Å². The van der Waals surface area contributed by atoms with Gasteiger partial charge >= 0.3 is 0 Å². The molecule has 2 aromatic heterocycles. The van der Waals surface area contributed by atoms with Gasteiger partial charge in [0.15, 0.2) is 0 Å². The lowest BCUT2D eigenvalue weighted by molar-refractivity contribution is -0.119. The second-order valence-corrected chi connectivity index (χ2v) is 6.31. The zero-order chi connectivity index (χ0) is 19.4. The van der Waals surface area contributed by atoms with E-state index >= 15 is 0 Å². The molecule has 3 rings (SSSR count). The van der Waals surface area contributed by atoms with Crippen molar-refractivity contribution < 1.29 is 9.59 Å². The molecule has 1 aromatic carbocycles. The summed E-state index contributed by atoms with van der Waals surface area (Å²) in [4.78, 5) is 24.8. The third-order valence-corrected chi connectivity index (χ3v) is 4.18. The van der Waals surface area contributed by atoms with E-state index < -0.39 is 6.04 Å². The number of rotatable bonds is 6. The third-order valence-electron chi connectivity index (χ3n) is 3.98. The molecule has 140 valence electrons. The van der Waals surface area contributed by atoms with Crippen molar-refractivity contribution in [1.82, 2.24) is 19.6 Å². The SMILES string of the molecule is CCn1nccc1C(=O)Nc1cccc(NC(=O)C(C)n2cc(Cl)cn2)c1. The molecule has 9 heteroatoms. The fourth-order valence-corrected chi connectivity index (χ4v) is 2.68. The lowest BCUT2D eigenvalue weighted by Gasteiger charge is -2.13. The predicted octanol–water partition coefficient (Wildman–Crippen LogP) is 3.20. The highest BCUT2D eigenvalue weighted by molar-refractivity contribution is 6.30. The molecule has 0 aliphatic heterocycles. The van der Waals surface area contributed by atoms with Crippen molar-refractivity contribution in [3.8, 4) is 0 Å². The molecule has 0 bridgehead atoms. The van der Waals surface area contributed by atoms with Gasteiger partial charge in [0.1, 0.15) is 11.7 Å². The molecule has 0 fully saturated rings. The van der Waals surface area contributed by atoms with Gasteiger partial charge < -0.3 is 10.6 Å². The Morgan fingerprint density at radius 3 is 2.59 bits per heavy atom. The minimum atomic E-state index is -0.533. The Morgan fingerprint density at radius 2 is 1.93 bits per heavy atom. The van der Waals surface area contributed by atoms with Gasteiger partial charge in [0.25, 0.3) is 5.91 Å². The molecular formula is C18H19ClN6O2. The Kier molecular flexibility index (Phi) is 5.56. The van der Waals surface area contributed by atoms with Crippen LogP contribution in [-0.2, 0) is 11.3 Å². The molecule has 0 aliphatic carbocycles. The van der Waals surface area contributed by atoms with E-state index in [1.54, 1.807) is 54.3 Å². The molecule has 27 heavy (non-hydrogen) atoms.